The third-order valence-electron chi connectivity index (χ3n) is 3.21. The number of ether oxygens (including phenoxy) is 1. The lowest BCUT2D eigenvalue weighted by Gasteiger charge is -2.32. The highest BCUT2D eigenvalue weighted by atomic mass is 35.5. The standard InChI is InChI=1S/C14H19ClN2O3/c15-11-3-5-12(6-4-11)16-14(19)17-7-1-2-13(10-17)20-9-8-18/h3-6,13,18H,1-2,7-10H2,(H,16,19)/t13-/m1/s1. The van der Waals surface area contributed by atoms with Crippen molar-refractivity contribution in [1.82, 2.24) is 4.90 Å². The van der Waals surface area contributed by atoms with Gasteiger partial charge < -0.3 is 20.1 Å². The van der Waals surface area contributed by atoms with Crippen LogP contribution in [-0.4, -0.2) is 48.4 Å². The van der Waals surface area contributed by atoms with Crippen molar-refractivity contribution >= 4 is 23.3 Å². The number of aliphatic hydroxyl groups is 1. The van der Waals surface area contributed by atoms with Crippen LogP contribution < -0.4 is 5.32 Å². The number of nitrogens with one attached hydrogen (secondary N) is 1. The maximum Gasteiger partial charge on any atom is 0.321 e. The topological polar surface area (TPSA) is 61.8 Å². The van der Waals surface area contributed by atoms with Crippen molar-refractivity contribution in [1.29, 1.82) is 0 Å². The van der Waals surface area contributed by atoms with E-state index >= 15 is 0 Å². The molecule has 2 amide bonds. The molecule has 2 N–H and O–H groups in total. The molecule has 5 nitrogen and oxygen atoms in total. The van der Waals surface area contributed by atoms with Gasteiger partial charge in [-0.2, -0.15) is 0 Å². The van der Waals surface area contributed by atoms with E-state index in [-0.39, 0.29) is 18.7 Å². The average Bonchev–Trinajstić information content (AvgIpc) is 2.48. The molecule has 0 unspecified atom stereocenters. The Labute approximate surface area is 123 Å². The number of halogens is 1. The van der Waals surface area contributed by atoms with Crippen molar-refractivity contribution in [2.45, 2.75) is 18.9 Å². The fraction of sp³-hybridized carbons (Fsp3) is 0.500. The van der Waals surface area contributed by atoms with Gasteiger partial charge in [0.1, 0.15) is 0 Å². The minimum atomic E-state index is -0.135. The Kier molecular flexibility index (Phi) is 5.64. The molecule has 6 heteroatoms. The molecule has 1 aliphatic heterocycles. The number of amides is 2. The second-order valence-electron chi connectivity index (χ2n) is 4.74. The van der Waals surface area contributed by atoms with Gasteiger partial charge in [0.05, 0.1) is 19.3 Å². The van der Waals surface area contributed by atoms with E-state index in [0.29, 0.717) is 18.2 Å². The number of rotatable bonds is 4. The largest absolute Gasteiger partial charge is 0.394 e. The molecule has 1 aromatic rings. The zero-order valence-electron chi connectivity index (χ0n) is 11.2. The number of benzene rings is 1. The van der Waals surface area contributed by atoms with Gasteiger partial charge in [0.15, 0.2) is 0 Å². The number of hydrogen-bond donors (Lipinski definition) is 2. The molecule has 110 valence electrons. The second-order valence-corrected chi connectivity index (χ2v) is 5.18. The highest BCUT2D eigenvalue weighted by molar-refractivity contribution is 6.30. The van der Waals surface area contributed by atoms with Crippen LogP contribution in [0.1, 0.15) is 12.8 Å². The number of nitrogens with zero attached hydrogens (tertiary/aromatic N) is 1. The smallest absolute Gasteiger partial charge is 0.321 e. The zero-order valence-corrected chi connectivity index (χ0v) is 12.0. The monoisotopic (exact) mass is 298 g/mol. The molecule has 1 saturated heterocycles. The molecule has 0 spiro atoms. The lowest BCUT2D eigenvalue weighted by atomic mass is 10.1. The molecule has 1 aromatic carbocycles. The molecule has 1 fully saturated rings. The molecule has 20 heavy (non-hydrogen) atoms. The molecule has 1 aliphatic rings. The summed E-state index contributed by atoms with van der Waals surface area (Å²) in [4.78, 5) is 13.9. The van der Waals surface area contributed by atoms with E-state index in [1.807, 2.05) is 0 Å². The predicted octanol–water partition coefficient (Wildman–Crippen LogP) is 2.35. The fourth-order valence-corrected chi connectivity index (χ4v) is 2.34. The first-order valence-corrected chi connectivity index (χ1v) is 7.11. The first-order chi connectivity index (χ1) is 9.69. The van der Waals surface area contributed by atoms with Gasteiger partial charge in [-0.05, 0) is 37.1 Å². The Morgan fingerprint density at radius 3 is 2.90 bits per heavy atom. The van der Waals surface area contributed by atoms with E-state index < -0.39 is 0 Å². The van der Waals surface area contributed by atoms with Gasteiger partial charge >= 0.3 is 6.03 Å². The first-order valence-electron chi connectivity index (χ1n) is 6.73. The summed E-state index contributed by atoms with van der Waals surface area (Å²) in [6, 6.07) is 6.87. The minimum absolute atomic E-state index is 0.00636. The number of hydrogen-bond acceptors (Lipinski definition) is 3. The van der Waals surface area contributed by atoms with Crippen LogP contribution >= 0.6 is 11.6 Å². The SMILES string of the molecule is O=C(Nc1ccc(Cl)cc1)N1CCC[C@@H](OCCO)C1. The van der Waals surface area contributed by atoms with Crippen LogP contribution in [0.25, 0.3) is 0 Å². The Morgan fingerprint density at radius 1 is 1.45 bits per heavy atom. The summed E-state index contributed by atoms with van der Waals surface area (Å²) in [7, 11) is 0. The van der Waals surface area contributed by atoms with E-state index in [0.717, 1.165) is 25.1 Å². The van der Waals surface area contributed by atoms with E-state index in [1.54, 1.807) is 29.2 Å². The molecular formula is C14H19ClN2O3. The van der Waals surface area contributed by atoms with Gasteiger partial charge in [-0.1, -0.05) is 11.6 Å². The van der Waals surface area contributed by atoms with Crippen LogP contribution in [0, 0.1) is 0 Å². The van der Waals surface area contributed by atoms with Crippen LogP contribution in [0.5, 0.6) is 0 Å². The summed E-state index contributed by atoms with van der Waals surface area (Å²) < 4.78 is 5.49. The minimum Gasteiger partial charge on any atom is -0.394 e. The molecule has 1 heterocycles. The van der Waals surface area contributed by atoms with Gasteiger partial charge in [0, 0.05) is 23.8 Å². The Morgan fingerprint density at radius 2 is 2.20 bits per heavy atom. The highest BCUT2D eigenvalue weighted by Crippen LogP contribution is 2.17. The number of carbonyl (C=O) groups excluding carboxylic acids is 1. The predicted molar refractivity (Wildman–Crippen MR) is 78.1 cm³/mol. The lowest BCUT2D eigenvalue weighted by molar-refractivity contribution is -0.00462. The lowest BCUT2D eigenvalue weighted by Crippen LogP contribution is -2.45. The third kappa shape index (κ3) is 4.37. The molecule has 2 rings (SSSR count). The quantitative estimate of drug-likeness (QED) is 0.897. The van der Waals surface area contributed by atoms with Gasteiger partial charge in [0.2, 0.25) is 0 Å². The summed E-state index contributed by atoms with van der Waals surface area (Å²) in [6.45, 7) is 1.60. The van der Waals surface area contributed by atoms with E-state index in [4.69, 9.17) is 21.4 Å². The van der Waals surface area contributed by atoms with Crippen LogP contribution in [0.4, 0.5) is 10.5 Å². The number of anilines is 1. The Hall–Kier alpha value is -1.30. The molecular weight excluding hydrogens is 280 g/mol. The Bertz CT molecular complexity index is 439. The summed E-state index contributed by atoms with van der Waals surface area (Å²) >= 11 is 5.80. The molecule has 1 atom stereocenters. The number of urea groups is 1. The van der Waals surface area contributed by atoms with Crippen LogP contribution in [0.2, 0.25) is 5.02 Å². The third-order valence-corrected chi connectivity index (χ3v) is 3.46. The van der Waals surface area contributed by atoms with Crippen molar-refractivity contribution in [2.24, 2.45) is 0 Å². The van der Waals surface area contributed by atoms with Gasteiger partial charge in [-0.3, -0.25) is 0 Å². The van der Waals surface area contributed by atoms with Crippen molar-refractivity contribution in [3.8, 4) is 0 Å². The number of aliphatic hydroxyl groups excluding tert-OH is 1. The van der Waals surface area contributed by atoms with Gasteiger partial charge in [-0.15, -0.1) is 0 Å². The fourth-order valence-electron chi connectivity index (χ4n) is 2.21. The van der Waals surface area contributed by atoms with Crippen molar-refractivity contribution < 1.29 is 14.6 Å². The van der Waals surface area contributed by atoms with E-state index in [1.165, 1.54) is 0 Å². The van der Waals surface area contributed by atoms with Crippen molar-refractivity contribution in [3.63, 3.8) is 0 Å². The molecule has 0 radical (unpaired) electrons. The van der Waals surface area contributed by atoms with E-state index in [2.05, 4.69) is 5.32 Å². The van der Waals surface area contributed by atoms with Gasteiger partial charge in [-0.25, -0.2) is 4.79 Å². The zero-order chi connectivity index (χ0) is 14.4. The van der Waals surface area contributed by atoms with Crippen molar-refractivity contribution in [3.05, 3.63) is 29.3 Å². The maximum atomic E-state index is 12.1. The maximum absolute atomic E-state index is 12.1. The molecule has 0 aromatic heterocycles. The Balaban J connectivity index is 1.86. The van der Waals surface area contributed by atoms with Crippen LogP contribution in [0.3, 0.4) is 0 Å². The molecule has 0 bridgehead atoms. The number of likely N-dealkylation sites (tertiary alicyclic amines) is 1. The summed E-state index contributed by atoms with van der Waals surface area (Å²) in [5.41, 5.74) is 0.720. The normalized spacial score (nSPS) is 18.9. The summed E-state index contributed by atoms with van der Waals surface area (Å²) in [5.74, 6) is 0. The van der Waals surface area contributed by atoms with Crippen molar-refractivity contribution in [2.75, 3.05) is 31.6 Å². The number of carbonyl (C=O) groups is 1. The average molecular weight is 299 g/mol. The molecule has 0 aliphatic carbocycles. The number of piperidine rings is 1. The summed E-state index contributed by atoms with van der Waals surface area (Å²) in [6.07, 6.45) is 1.83. The van der Waals surface area contributed by atoms with E-state index in [9.17, 15) is 4.79 Å². The van der Waals surface area contributed by atoms with Gasteiger partial charge in [0.25, 0.3) is 0 Å². The summed E-state index contributed by atoms with van der Waals surface area (Å²) in [5, 5.41) is 12.2. The van der Waals surface area contributed by atoms with Crippen LogP contribution in [0.15, 0.2) is 24.3 Å². The van der Waals surface area contributed by atoms with Crippen LogP contribution in [-0.2, 0) is 4.74 Å². The second kappa shape index (κ2) is 7.47. The molecule has 0 saturated carbocycles. The first kappa shape index (κ1) is 15.1. The highest BCUT2D eigenvalue weighted by Gasteiger charge is 2.24.